The van der Waals surface area contributed by atoms with Crippen LogP contribution in [0, 0.1) is 0 Å². The highest BCUT2D eigenvalue weighted by atomic mass is 31.3. The number of azide groups is 1. The molecular weight excluding hydrogens is 429 g/mol. The number of nitrogens with zero attached hydrogens (tertiary/aromatic N) is 3. The van der Waals surface area contributed by atoms with E-state index in [4.69, 9.17) is 29.7 Å². The number of hydrogen-bond acceptors (Lipinski definition) is 9. The van der Waals surface area contributed by atoms with Gasteiger partial charge in [-0.15, -0.1) is 0 Å². The van der Waals surface area contributed by atoms with Crippen LogP contribution in [0.25, 0.3) is 10.4 Å². The second-order valence-electron chi connectivity index (χ2n) is 4.78. The van der Waals surface area contributed by atoms with Gasteiger partial charge in [0, 0.05) is 10.9 Å². The van der Waals surface area contributed by atoms with Crippen LogP contribution in [0.2, 0.25) is 0 Å². The molecule has 15 nitrogen and oxygen atoms in total. The SMILES string of the molecule is BC1C[C@@H](OC(F)N=[N+]=[N-])[C@@H](COP(=O)(O)OP(=O)(O)OP(=O)(O)O)O1. The summed E-state index contributed by atoms with van der Waals surface area (Å²) in [6, 6.07) is -0.493. The standard InChI is InChI=1S/C6H14BFN3O12P3/c7-5-1-3(21-6(8)10-11-9)4(20-5)2-19-25(15,16)23-26(17,18)22-24(12,13)14/h3-6H,1-2,7H2,(H,15,16)(H,17,18)(H2,12,13,14)/t3-,4-,5?,6?/m1/s1. The number of rotatable bonds is 10. The molecule has 1 heterocycles. The van der Waals surface area contributed by atoms with Gasteiger partial charge < -0.3 is 29.0 Å². The number of phosphoric acid groups is 3. The molecule has 20 heteroatoms. The fourth-order valence-electron chi connectivity index (χ4n) is 1.89. The molecule has 6 atom stereocenters. The number of alkyl halides is 1. The number of halogens is 1. The maximum atomic E-state index is 13.2. The molecule has 1 rings (SSSR count). The zero-order chi connectivity index (χ0) is 20.2. The van der Waals surface area contributed by atoms with Crippen molar-refractivity contribution in [3.05, 3.63) is 10.4 Å². The molecule has 0 amide bonds. The Morgan fingerprint density at radius 3 is 2.42 bits per heavy atom. The van der Waals surface area contributed by atoms with Crippen LogP contribution in [0.4, 0.5) is 4.39 Å². The van der Waals surface area contributed by atoms with Crippen LogP contribution in [-0.2, 0) is 36.3 Å². The zero-order valence-electron chi connectivity index (χ0n) is 12.8. The van der Waals surface area contributed by atoms with E-state index in [-0.39, 0.29) is 6.42 Å². The molecule has 0 aromatic carbocycles. The van der Waals surface area contributed by atoms with Crippen molar-refractivity contribution in [3.63, 3.8) is 0 Å². The maximum absolute atomic E-state index is 13.2. The predicted molar refractivity (Wildman–Crippen MR) is 80.6 cm³/mol. The minimum absolute atomic E-state index is 0.103. The molecule has 0 aliphatic carbocycles. The van der Waals surface area contributed by atoms with E-state index < -0.39 is 54.8 Å². The third-order valence-corrected chi connectivity index (χ3v) is 6.44. The summed E-state index contributed by atoms with van der Waals surface area (Å²) in [5, 5.41) is 2.65. The van der Waals surface area contributed by atoms with Gasteiger partial charge in [-0.05, 0) is 17.1 Å². The third-order valence-electron chi connectivity index (χ3n) is 2.63. The first-order chi connectivity index (χ1) is 11.7. The summed E-state index contributed by atoms with van der Waals surface area (Å²) in [6.07, 6.45) is -2.11. The van der Waals surface area contributed by atoms with Crippen LogP contribution in [0.1, 0.15) is 6.42 Å². The van der Waals surface area contributed by atoms with Crippen LogP contribution < -0.4 is 0 Å². The van der Waals surface area contributed by atoms with E-state index >= 15 is 0 Å². The summed E-state index contributed by atoms with van der Waals surface area (Å²) >= 11 is 0. The Morgan fingerprint density at radius 1 is 1.27 bits per heavy atom. The lowest BCUT2D eigenvalue weighted by Crippen LogP contribution is -2.30. The highest BCUT2D eigenvalue weighted by Crippen LogP contribution is 2.66. The topological polar surface area (TPSA) is 227 Å². The van der Waals surface area contributed by atoms with Crippen molar-refractivity contribution < 1.29 is 60.3 Å². The zero-order valence-corrected chi connectivity index (χ0v) is 15.5. The van der Waals surface area contributed by atoms with Crippen molar-refractivity contribution >= 4 is 31.3 Å². The second kappa shape index (κ2) is 9.22. The van der Waals surface area contributed by atoms with E-state index in [0.29, 0.717) is 0 Å². The van der Waals surface area contributed by atoms with Gasteiger partial charge in [0.25, 0.3) is 6.48 Å². The molecule has 1 aliphatic heterocycles. The van der Waals surface area contributed by atoms with Crippen LogP contribution in [0.15, 0.2) is 5.11 Å². The monoisotopic (exact) mass is 443 g/mol. The highest BCUT2D eigenvalue weighted by molar-refractivity contribution is 7.66. The van der Waals surface area contributed by atoms with Gasteiger partial charge in [-0.3, -0.25) is 4.52 Å². The maximum Gasteiger partial charge on any atom is 0.490 e. The normalized spacial score (nSPS) is 29.3. The molecule has 0 radical (unpaired) electrons. The second-order valence-corrected chi connectivity index (χ2v) is 9.20. The Morgan fingerprint density at radius 2 is 1.88 bits per heavy atom. The molecule has 26 heavy (non-hydrogen) atoms. The summed E-state index contributed by atoms with van der Waals surface area (Å²) < 4.78 is 67.9. The lowest BCUT2D eigenvalue weighted by molar-refractivity contribution is -0.111. The molecular formula is C6H14BFN3O12P3. The highest BCUT2D eigenvalue weighted by Gasteiger charge is 2.42. The van der Waals surface area contributed by atoms with Gasteiger partial charge in [-0.2, -0.15) is 8.62 Å². The van der Waals surface area contributed by atoms with Crippen LogP contribution in [0.3, 0.4) is 0 Å². The predicted octanol–water partition coefficient (Wildman–Crippen LogP) is 0.0264. The average molecular weight is 443 g/mol. The van der Waals surface area contributed by atoms with Crippen LogP contribution in [-0.4, -0.2) is 58.7 Å². The smallest absolute Gasteiger partial charge is 0.379 e. The Balaban J connectivity index is 2.66. The Hall–Kier alpha value is -0.365. The van der Waals surface area contributed by atoms with Crippen LogP contribution in [0.5, 0.6) is 0 Å². The molecule has 0 bridgehead atoms. The molecule has 1 aliphatic rings. The molecule has 1 saturated heterocycles. The summed E-state index contributed by atoms with van der Waals surface area (Å²) in [5.41, 5.74) is 8.11. The fraction of sp³-hybridized carbons (Fsp3) is 1.00. The van der Waals surface area contributed by atoms with Crippen molar-refractivity contribution in [2.24, 2.45) is 5.11 Å². The van der Waals surface area contributed by atoms with E-state index in [2.05, 4.69) is 23.2 Å². The van der Waals surface area contributed by atoms with Crippen molar-refractivity contribution in [2.75, 3.05) is 6.61 Å². The Bertz CT molecular complexity index is 685. The van der Waals surface area contributed by atoms with Gasteiger partial charge >= 0.3 is 23.5 Å². The number of hydrogen-bond donors (Lipinski definition) is 4. The van der Waals surface area contributed by atoms with Crippen molar-refractivity contribution in [1.82, 2.24) is 0 Å². The van der Waals surface area contributed by atoms with E-state index in [1.807, 2.05) is 0 Å². The Kier molecular flexibility index (Phi) is 8.39. The third kappa shape index (κ3) is 9.02. The number of ether oxygens (including phenoxy) is 2. The molecule has 0 aromatic heterocycles. The molecule has 4 unspecified atom stereocenters. The summed E-state index contributed by atoms with van der Waals surface area (Å²) in [5.74, 6) is 0. The average Bonchev–Trinajstić information content (AvgIpc) is 2.72. The van der Waals surface area contributed by atoms with E-state index in [1.54, 1.807) is 7.85 Å². The minimum Gasteiger partial charge on any atom is -0.379 e. The first-order valence-corrected chi connectivity index (χ1v) is 11.0. The first kappa shape index (κ1) is 23.7. The van der Waals surface area contributed by atoms with Gasteiger partial charge in [0.15, 0.2) is 0 Å². The van der Waals surface area contributed by atoms with Gasteiger partial charge in [-0.25, -0.2) is 18.1 Å². The lowest BCUT2D eigenvalue weighted by Gasteiger charge is -2.21. The van der Waals surface area contributed by atoms with Gasteiger partial charge in [0.05, 0.1) is 12.7 Å². The molecule has 1 fully saturated rings. The lowest BCUT2D eigenvalue weighted by atomic mass is 9.96. The largest absolute Gasteiger partial charge is 0.490 e. The van der Waals surface area contributed by atoms with E-state index in [0.717, 1.165) is 0 Å². The fourth-order valence-corrected chi connectivity index (χ4v) is 4.92. The van der Waals surface area contributed by atoms with Crippen molar-refractivity contribution in [3.8, 4) is 0 Å². The molecule has 0 spiro atoms. The van der Waals surface area contributed by atoms with Crippen molar-refractivity contribution in [2.45, 2.75) is 31.1 Å². The summed E-state index contributed by atoms with van der Waals surface area (Å²) in [4.78, 5) is 37.3. The summed E-state index contributed by atoms with van der Waals surface area (Å²) in [6.45, 7) is -3.16. The first-order valence-electron chi connectivity index (χ1n) is 6.50. The Labute approximate surface area is 145 Å². The van der Waals surface area contributed by atoms with Crippen LogP contribution >= 0.6 is 23.5 Å². The van der Waals surface area contributed by atoms with Gasteiger partial charge in [-0.1, -0.05) is 0 Å². The van der Waals surface area contributed by atoms with E-state index in [1.165, 1.54) is 0 Å². The molecule has 0 aromatic rings. The van der Waals surface area contributed by atoms with Gasteiger partial charge in [0.1, 0.15) is 14.0 Å². The molecule has 4 N–H and O–H groups in total. The molecule has 0 saturated carbocycles. The van der Waals surface area contributed by atoms with Crippen molar-refractivity contribution in [1.29, 1.82) is 0 Å². The number of phosphoric ester groups is 1. The van der Waals surface area contributed by atoms with E-state index in [9.17, 15) is 23.0 Å². The minimum atomic E-state index is -5.64. The van der Waals surface area contributed by atoms with Gasteiger partial charge in [0.2, 0.25) is 0 Å². The molecule has 150 valence electrons. The summed E-state index contributed by atoms with van der Waals surface area (Å²) in [7, 11) is -14.9. The quantitative estimate of drug-likeness (QED) is 0.0876.